The Morgan fingerprint density at radius 1 is 1.22 bits per heavy atom. The van der Waals surface area contributed by atoms with Crippen LogP contribution in [0.5, 0.6) is 11.6 Å². The summed E-state index contributed by atoms with van der Waals surface area (Å²) in [5.41, 5.74) is 0.0496. The number of alkyl halides is 2. The molecule has 0 atom stereocenters. The maximum atomic E-state index is 12.9. The molecule has 27 heavy (non-hydrogen) atoms. The molecule has 0 aromatic carbocycles. The van der Waals surface area contributed by atoms with Crippen LogP contribution in [0.15, 0.2) is 36.7 Å². The lowest BCUT2D eigenvalue weighted by Crippen LogP contribution is -2.17. The number of carbonyl (C=O) groups excluding carboxylic acids is 1. The number of pyridine rings is 2. The molecule has 7 nitrogen and oxygen atoms in total. The Labute approximate surface area is 154 Å². The molecule has 3 aromatic rings. The van der Waals surface area contributed by atoms with E-state index in [4.69, 9.17) is 9.47 Å². The summed E-state index contributed by atoms with van der Waals surface area (Å²) in [4.78, 5) is 20.7. The van der Waals surface area contributed by atoms with E-state index >= 15 is 0 Å². The van der Waals surface area contributed by atoms with Crippen LogP contribution in [0.4, 0.5) is 14.6 Å². The summed E-state index contributed by atoms with van der Waals surface area (Å²) in [6.07, 6.45) is -0.350. The lowest BCUT2D eigenvalue weighted by atomic mass is 10.2. The highest BCUT2D eigenvalue weighted by Gasteiger charge is 2.19. The Bertz CT molecular complexity index is 972. The number of imidazole rings is 1. The summed E-state index contributed by atoms with van der Waals surface area (Å²) >= 11 is 0. The van der Waals surface area contributed by atoms with Gasteiger partial charge >= 0.3 is 0 Å². The van der Waals surface area contributed by atoms with Gasteiger partial charge in [0.1, 0.15) is 22.9 Å². The maximum Gasteiger partial charge on any atom is 0.281 e. The lowest BCUT2D eigenvalue weighted by molar-refractivity contribution is 0.102. The van der Waals surface area contributed by atoms with Gasteiger partial charge in [0, 0.05) is 24.5 Å². The Kier molecular flexibility index (Phi) is 5.20. The molecular formula is C18H18F2N4O3. The third kappa shape index (κ3) is 4.13. The van der Waals surface area contributed by atoms with E-state index in [1.54, 1.807) is 32.0 Å². The van der Waals surface area contributed by atoms with Crippen molar-refractivity contribution in [1.82, 2.24) is 14.4 Å². The van der Waals surface area contributed by atoms with Crippen molar-refractivity contribution < 1.29 is 23.0 Å². The van der Waals surface area contributed by atoms with E-state index in [-0.39, 0.29) is 34.6 Å². The van der Waals surface area contributed by atoms with E-state index in [9.17, 15) is 13.6 Å². The number of carbonyl (C=O) groups is 1. The van der Waals surface area contributed by atoms with Gasteiger partial charge in [-0.25, -0.2) is 13.8 Å². The van der Waals surface area contributed by atoms with E-state index in [1.807, 2.05) is 0 Å². The second-order valence-corrected chi connectivity index (χ2v) is 5.97. The van der Waals surface area contributed by atoms with Crippen LogP contribution in [-0.2, 0) is 0 Å². The average Bonchev–Trinajstić information content (AvgIpc) is 3.04. The lowest BCUT2D eigenvalue weighted by Gasteiger charge is -2.14. The summed E-state index contributed by atoms with van der Waals surface area (Å²) in [7, 11) is 1.47. The summed E-state index contributed by atoms with van der Waals surface area (Å²) in [6.45, 7) is 3.59. The van der Waals surface area contributed by atoms with Gasteiger partial charge in [-0.05, 0) is 19.9 Å². The third-order valence-electron chi connectivity index (χ3n) is 3.58. The van der Waals surface area contributed by atoms with Crippen molar-refractivity contribution in [1.29, 1.82) is 0 Å². The zero-order chi connectivity index (χ0) is 19.6. The molecule has 0 aliphatic carbocycles. The number of halogens is 2. The van der Waals surface area contributed by atoms with Crippen molar-refractivity contribution in [2.75, 3.05) is 12.4 Å². The van der Waals surface area contributed by atoms with E-state index in [0.29, 0.717) is 5.88 Å². The predicted molar refractivity (Wildman–Crippen MR) is 94.7 cm³/mol. The fraction of sp³-hybridized carbons (Fsp3) is 0.278. The maximum absolute atomic E-state index is 12.9. The van der Waals surface area contributed by atoms with Crippen LogP contribution in [0.3, 0.4) is 0 Å². The molecular weight excluding hydrogens is 358 g/mol. The van der Waals surface area contributed by atoms with Crippen molar-refractivity contribution in [3.8, 4) is 11.6 Å². The highest BCUT2D eigenvalue weighted by atomic mass is 19.3. The Hall–Kier alpha value is -3.23. The van der Waals surface area contributed by atoms with Gasteiger partial charge in [-0.15, -0.1) is 0 Å². The van der Waals surface area contributed by atoms with Gasteiger partial charge in [0.15, 0.2) is 0 Å². The fourth-order valence-electron chi connectivity index (χ4n) is 2.44. The van der Waals surface area contributed by atoms with Crippen LogP contribution in [0.2, 0.25) is 0 Å². The highest BCUT2D eigenvalue weighted by Crippen LogP contribution is 2.26. The molecule has 3 heterocycles. The van der Waals surface area contributed by atoms with Crippen LogP contribution in [0.25, 0.3) is 5.65 Å². The molecule has 3 rings (SSSR count). The quantitative estimate of drug-likeness (QED) is 0.710. The van der Waals surface area contributed by atoms with Gasteiger partial charge in [0.05, 0.1) is 18.8 Å². The summed E-state index contributed by atoms with van der Waals surface area (Å²) < 4.78 is 37.9. The second-order valence-electron chi connectivity index (χ2n) is 5.97. The minimum Gasteiger partial charge on any atom is -0.490 e. The average molecular weight is 376 g/mol. The molecule has 3 aromatic heterocycles. The first-order valence-corrected chi connectivity index (χ1v) is 8.17. The van der Waals surface area contributed by atoms with Gasteiger partial charge in [-0.3, -0.25) is 4.79 Å². The molecule has 0 saturated heterocycles. The SMILES string of the molecule is COc1cccc(NC(=O)c2cn3cc(C(F)F)nc3cc2OC(C)C)n1. The molecule has 0 aliphatic heterocycles. The van der Waals surface area contributed by atoms with E-state index in [1.165, 1.54) is 30.0 Å². The minimum atomic E-state index is -2.71. The first-order chi connectivity index (χ1) is 12.9. The van der Waals surface area contributed by atoms with Gasteiger partial charge in [0.25, 0.3) is 12.3 Å². The van der Waals surface area contributed by atoms with Gasteiger partial charge in [-0.1, -0.05) is 6.07 Å². The topological polar surface area (TPSA) is 77.8 Å². The number of nitrogens with one attached hydrogen (secondary N) is 1. The number of anilines is 1. The number of aromatic nitrogens is 3. The first kappa shape index (κ1) is 18.6. The van der Waals surface area contributed by atoms with E-state index in [0.717, 1.165) is 0 Å². The van der Waals surface area contributed by atoms with Gasteiger partial charge in [0.2, 0.25) is 5.88 Å². The van der Waals surface area contributed by atoms with Crippen LogP contribution in [0.1, 0.15) is 36.3 Å². The molecule has 9 heteroatoms. The number of methoxy groups -OCH3 is 1. The number of ether oxygens (including phenoxy) is 2. The molecule has 1 amide bonds. The molecule has 0 aliphatic rings. The molecule has 0 unspecified atom stereocenters. The van der Waals surface area contributed by atoms with Crippen molar-refractivity contribution in [2.24, 2.45) is 0 Å². The van der Waals surface area contributed by atoms with Crippen molar-refractivity contribution >= 4 is 17.4 Å². The molecule has 1 N–H and O–H groups in total. The van der Waals surface area contributed by atoms with E-state index in [2.05, 4.69) is 15.3 Å². The highest BCUT2D eigenvalue weighted by molar-refractivity contribution is 6.05. The van der Waals surface area contributed by atoms with Gasteiger partial charge < -0.3 is 19.2 Å². The van der Waals surface area contributed by atoms with Crippen LogP contribution >= 0.6 is 0 Å². The van der Waals surface area contributed by atoms with Crippen molar-refractivity contribution in [3.63, 3.8) is 0 Å². The molecule has 0 spiro atoms. The fourth-order valence-corrected chi connectivity index (χ4v) is 2.44. The summed E-state index contributed by atoms with van der Waals surface area (Å²) in [5.74, 6) is 0.372. The monoisotopic (exact) mass is 376 g/mol. The number of hydrogen-bond donors (Lipinski definition) is 1. The molecule has 0 saturated carbocycles. The smallest absolute Gasteiger partial charge is 0.281 e. The number of hydrogen-bond acceptors (Lipinski definition) is 5. The van der Waals surface area contributed by atoms with Crippen molar-refractivity contribution in [3.05, 3.63) is 47.9 Å². The Morgan fingerprint density at radius 3 is 2.67 bits per heavy atom. The Morgan fingerprint density at radius 2 is 2.00 bits per heavy atom. The summed E-state index contributed by atoms with van der Waals surface area (Å²) in [6, 6.07) is 6.39. The van der Waals surface area contributed by atoms with E-state index < -0.39 is 12.3 Å². The zero-order valence-corrected chi connectivity index (χ0v) is 14.9. The normalized spacial score (nSPS) is 11.2. The Balaban J connectivity index is 1.99. The summed E-state index contributed by atoms with van der Waals surface area (Å²) in [5, 5.41) is 2.65. The molecule has 0 radical (unpaired) electrons. The third-order valence-corrected chi connectivity index (χ3v) is 3.58. The first-order valence-electron chi connectivity index (χ1n) is 8.17. The molecule has 142 valence electrons. The molecule has 0 fully saturated rings. The largest absolute Gasteiger partial charge is 0.490 e. The number of amides is 1. The number of rotatable bonds is 6. The zero-order valence-electron chi connectivity index (χ0n) is 14.9. The number of nitrogens with zero attached hydrogens (tertiary/aromatic N) is 3. The van der Waals surface area contributed by atoms with Crippen molar-refractivity contribution in [2.45, 2.75) is 26.4 Å². The standard InChI is InChI=1S/C18H18F2N4O3/c1-10(2)27-13-7-15-21-12(17(19)20)9-24(15)8-11(13)18(25)23-14-5-4-6-16(22-14)26-3/h4-10,17H,1-3H3,(H,22,23,25). The second kappa shape index (κ2) is 7.56. The van der Waals surface area contributed by atoms with Gasteiger partial charge in [-0.2, -0.15) is 4.98 Å². The number of fused-ring (bicyclic) bond motifs is 1. The molecule has 0 bridgehead atoms. The van der Waals surface area contributed by atoms with Crippen LogP contribution in [0, 0.1) is 0 Å². The predicted octanol–water partition coefficient (Wildman–Crippen LogP) is 3.72. The van der Waals surface area contributed by atoms with Crippen LogP contribution < -0.4 is 14.8 Å². The van der Waals surface area contributed by atoms with Crippen LogP contribution in [-0.4, -0.2) is 33.5 Å². The minimum absolute atomic E-state index is 0.166.